The summed E-state index contributed by atoms with van der Waals surface area (Å²) in [4.78, 5) is 11.4. The van der Waals surface area contributed by atoms with E-state index < -0.39 is 0 Å². The third-order valence-corrected chi connectivity index (χ3v) is 3.57. The zero-order chi connectivity index (χ0) is 13.0. The monoisotopic (exact) mass is 312 g/mol. The highest BCUT2D eigenvalue weighted by Gasteiger charge is 2.28. The molecule has 0 atom stereocenters. The van der Waals surface area contributed by atoms with Gasteiger partial charge in [0.15, 0.2) is 0 Å². The van der Waals surface area contributed by atoms with Gasteiger partial charge in [-0.05, 0) is 34.8 Å². The van der Waals surface area contributed by atoms with E-state index in [1.165, 1.54) is 0 Å². The largest absolute Gasteiger partial charge is 0.506 e. The molecule has 98 valence electrons. The van der Waals surface area contributed by atoms with Crippen LogP contribution in [0.15, 0.2) is 22.7 Å². The van der Waals surface area contributed by atoms with Crippen LogP contribution in [-0.4, -0.2) is 24.1 Å². The second-order valence-electron chi connectivity index (χ2n) is 4.49. The Labute approximate surface area is 115 Å². The highest BCUT2D eigenvalue weighted by atomic mass is 79.9. The Balaban J connectivity index is 1.65. The van der Waals surface area contributed by atoms with Gasteiger partial charge in [0.1, 0.15) is 5.75 Å². The van der Waals surface area contributed by atoms with E-state index in [2.05, 4.69) is 26.6 Å². The summed E-state index contributed by atoms with van der Waals surface area (Å²) >= 11 is 3.28. The van der Waals surface area contributed by atoms with Crippen LogP contribution in [0.1, 0.15) is 18.4 Å². The molecule has 18 heavy (non-hydrogen) atoms. The molecule has 5 heteroatoms. The number of carbonyl (C=O) groups is 1. The number of halogens is 1. The van der Waals surface area contributed by atoms with Crippen molar-refractivity contribution in [2.45, 2.75) is 19.4 Å². The zero-order valence-electron chi connectivity index (χ0n) is 10.1. The SMILES string of the molecule is O=C(NCCNCc1cccc(Br)c1O)C1CC1. The second-order valence-corrected chi connectivity index (χ2v) is 5.34. The van der Waals surface area contributed by atoms with Crippen molar-refractivity contribution in [3.63, 3.8) is 0 Å². The third kappa shape index (κ3) is 3.71. The van der Waals surface area contributed by atoms with E-state index in [-0.39, 0.29) is 17.6 Å². The van der Waals surface area contributed by atoms with E-state index >= 15 is 0 Å². The number of hydrogen-bond acceptors (Lipinski definition) is 3. The average molecular weight is 313 g/mol. The number of carbonyl (C=O) groups excluding carboxylic acids is 1. The number of rotatable bonds is 6. The molecule has 0 radical (unpaired) electrons. The molecule has 1 aliphatic rings. The van der Waals surface area contributed by atoms with E-state index in [4.69, 9.17) is 0 Å². The Morgan fingerprint density at radius 2 is 2.17 bits per heavy atom. The van der Waals surface area contributed by atoms with Gasteiger partial charge in [0.2, 0.25) is 5.91 Å². The van der Waals surface area contributed by atoms with Gasteiger partial charge in [-0.2, -0.15) is 0 Å². The Bertz CT molecular complexity index is 433. The first-order chi connectivity index (χ1) is 8.68. The zero-order valence-corrected chi connectivity index (χ0v) is 11.7. The summed E-state index contributed by atoms with van der Waals surface area (Å²) < 4.78 is 0.698. The predicted molar refractivity (Wildman–Crippen MR) is 73.2 cm³/mol. The molecule has 1 aromatic carbocycles. The van der Waals surface area contributed by atoms with E-state index in [0.717, 1.165) is 18.4 Å². The van der Waals surface area contributed by atoms with E-state index in [9.17, 15) is 9.90 Å². The third-order valence-electron chi connectivity index (χ3n) is 2.93. The molecule has 0 unspecified atom stereocenters. The lowest BCUT2D eigenvalue weighted by Gasteiger charge is -2.08. The van der Waals surface area contributed by atoms with Gasteiger partial charge >= 0.3 is 0 Å². The van der Waals surface area contributed by atoms with E-state index in [1.54, 1.807) is 6.07 Å². The maximum Gasteiger partial charge on any atom is 0.223 e. The lowest BCUT2D eigenvalue weighted by Crippen LogP contribution is -2.32. The van der Waals surface area contributed by atoms with Crippen LogP contribution >= 0.6 is 15.9 Å². The van der Waals surface area contributed by atoms with Crippen LogP contribution in [0, 0.1) is 5.92 Å². The number of phenols is 1. The van der Waals surface area contributed by atoms with Crippen LogP contribution < -0.4 is 10.6 Å². The van der Waals surface area contributed by atoms with Gasteiger partial charge in [-0.1, -0.05) is 12.1 Å². The molecular weight excluding hydrogens is 296 g/mol. The lowest BCUT2D eigenvalue weighted by molar-refractivity contribution is -0.122. The number of hydrogen-bond donors (Lipinski definition) is 3. The van der Waals surface area contributed by atoms with Crippen LogP contribution in [-0.2, 0) is 11.3 Å². The first kappa shape index (κ1) is 13.4. The number of para-hydroxylation sites is 1. The molecule has 4 nitrogen and oxygen atoms in total. The summed E-state index contributed by atoms with van der Waals surface area (Å²) in [5.74, 6) is 0.702. The fourth-order valence-electron chi connectivity index (χ4n) is 1.69. The van der Waals surface area contributed by atoms with Crippen LogP contribution in [0.4, 0.5) is 0 Å². The predicted octanol–water partition coefficient (Wildman–Crippen LogP) is 1.77. The maximum absolute atomic E-state index is 11.4. The van der Waals surface area contributed by atoms with Crippen molar-refractivity contribution < 1.29 is 9.90 Å². The van der Waals surface area contributed by atoms with Crippen molar-refractivity contribution >= 4 is 21.8 Å². The van der Waals surface area contributed by atoms with Crippen molar-refractivity contribution in [3.05, 3.63) is 28.2 Å². The molecule has 0 heterocycles. The summed E-state index contributed by atoms with van der Waals surface area (Å²) in [7, 11) is 0. The molecule has 1 amide bonds. The smallest absolute Gasteiger partial charge is 0.223 e. The molecule has 3 N–H and O–H groups in total. The molecule has 1 saturated carbocycles. The Morgan fingerprint density at radius 3 is 2.89 bits per heavy atom. The van der Waals surface area contributed by atoms with Gasteiger partial charge in [0.05, 0.1) is 4.47 Å². The molecule has 0 aliphatic heterocycles. The molecule has 1 aromatic rings. The highest BCUT2D eigenvalue weighted by molar-refractivity contribution is 9.10. The van der Waals surface area contributed by atoms with E-state index in [1.807, 2.05) is 12.1 Å². The molecule has 0 bridgehead atoms. The first-order valence-corrected chi connectivity index (χ1v) is 6.92. The van der Waals surface area contributed by atoms with Gasteiger partial charge in [0.25, 0.3) is 0 Å². The number of amides is 1. The van der Waals surface area contributed by atoms with Crippen molar-refractivity contribution in [2.24, 2.45) is 5.92 Å². The topological polar surface area (TPSA) is 61.4 Å². The van der Waals surface area contributed by atoms with Crippen LogP contribution in [0.25, 0.3) is 0 Å². The number of benzene rings is 1. The van der Waals surface area contributed by atoms with Gasteiger partial charge < -0.3 is 15.7 Å². The Kier molecular flexibility index (Phi) is 4.60. The second kappa shape index (κ2) is 6.20. The standard InChI is InChI=1S/C13H17BrN2O2/c14-11-3-1-2-10(12(11)17)8-15-6-7-16-13(18)9-4-5-9/h1-3,9,15,17H,4-8H2,(H,16,18). The van der Waals surface area contributed by atoms with Crippen molar-refractivity contribution in [2.75, 3.05) is 13.1 Å². The fraction of sp³-hybridized carbons (Fsp3) is 0.462. The normalized spacial score (nSPS) is 14.5. The summed E-state index contributed by atoms with van der Waals surface area (Å²) in [6, 6.07) is 5.56. The Hall–Kier alpha value is -1.07. The molecule has 0 spiro atoms. The molecule has 0 saturated heterocycles. The lowest BCUT2D eigenvalue weighted by atomic mass is 10.2. The molecule has 2 rings (SSSR count). The van der Waals surface area contributed by atoms with Crippen LogP contribution in [0.5, 0.6) is 5.75 Å². The van der Waals surface area contributed by atoms with Crippen LogP contribution in [0.3, 0.4) is 0 Å². The first-order valence-electron chi connectivity index (χ1n) is 6.13. The molecule has 1 fully saturated rings. The fourth-order valence-corrected chi connectivity index (χ4v) is 2.10. The van der Waals surface area contributed by atoms with Crippen molar-refractivity contribution in [3.8, 4) is 5.75 Å². The average Bonchev–Trinajstić information content (AvgIpc) is 3.18. The van der Waals surface area contributed by atoms with E-state index in [0.29, 0.717) is 24.1 Å². The minimum atomic E-state index is 0.169. The Morgan fingerprint density at radius 1 is 1.39 bits per heavy atom. The van der Waals surface area contributed by atoms with Gasteiger partial charge in [-0.25, -0.2) is 0 Å². The highest BCUT2D eigenvalue weighted by Crippen LogP contribution is 2.28. The number of aromatic hydroxyl groups is 1. The number of nitrogens with one attached hydrogen (secondary N) is 2. The van der Waals surface area contributed by atoms with Gasteiger partial charge in [-0.15, -0.1) is 0 Å². The molecule has 0 aromatic heterocycles. The maximum atomic E-state index is 11.4. The van der Waals surface area contributed by atoms with Gasteiger partial charge in [0, 0.05) is 31.1 Å². The molecule has 1 aliphatic carbocycles. The summed E-state index contributed by atoms with van der Waals surface area (Å²) in [5.41, 5.74) is 0.845. The summed E-state index contributed by atoms with van der Waals surface area (Å²) in [6.07, 6.45) is 2.07. The van der Waals surface area contributed by atoms with Crippen LogP contribution in [0.2, 0.25) is 0 Å². The summed E-state index contributed by atoms with van der Waals surface area (Å²) in [6.45, 7) is 1.92. The summed E-state index contributed by atoms with van der Waals surface area (Å²) in [5, 5.41) is 15.8. The minimum Gasteiger partial charge on any atom is -0.506 e. The van der Waals surface area contributed by atoms with Gasteiger partial charge in [-0.3, -0.25) is 4.79 Å². The number of phenolic OH excluding ortho intramolecular Hbond substituents is 1. The minimum absolute atomic E-state index is 0.169. The van der Waals surface area contributed by atoms with Crippen molar-refractivity contribution in [1.82, 2.24) is 10.6 Å². The van der Waals surface area contributed by atoms with Crippen molar-refractivity contribution in [1.29, 1.82) is 0 Å². The molecular formula is C13H17BrN2O2. The quantitative estimate of drug-likeness (QED) is 0.702.